The zero-order chi connectivity index (χ0) is 15.2. The van der Waals surface area contributed by atoms with Crippen molar-refractivity contribution in [3.63, 3.8) is 0 Å². The standard InChI is InChI=1S/C16H22ClNO3/c1-12-3-4-14(9-15(12)17)16(19)18-6-5-13(10-18)11-21-8-7-20-2/h3-4,9,13H,5-8,10-11H2,1-2H3. The van der Waals surface area contributed by atoms with Crippen LogP contribution in [0.25, 0.3) is 0 Å². The predicted molar refractivity (Wildman–Crippen MR) is 82.9 cm³/mol. The third-order valence-corrected chi connectivity index (χ3v) is 4.18. The van der Waals surface area contributed by atoms with E-state index in [1.54, 1.807) is 13.2 Å². The number of benzene rings is 1. The summed E-state index contributed by atoms with van der Waals surface area (Å²) in [5.41, 5.74) is 1.64. The maximum absolute atomic E-state index is 12.4. The molecule has 1 aromatic rings. The summed E-state index contributed by atoms with van der Waals surface area (Å²) in [6.07, 6.45) is 0.984. The van der Waals surface area contributed by atoms with Crippen LogP contribution < -0.4 is 0 Å². The van der Waals surface area contributed by atoms with Crippen LogP contribution in [-0.4, -0.2) is 50.8 Å². The molecule has 21 heavy (non-hydrogen) atoms. The Bertz CT molecular complexity index is 492. The lowest BCUT2D eigenvalue weighted by Gasteiger charge is -2.17. The van der Waals surface area contributed by atoms with Gasteiger partial charge in [0.2, 0.25) is 0 Å². The van der Waals surface area contributed by atoms with Gasteiger partial charge in [-0.05, 0) is 31.0 Å². The minimum absolute atomic E-state index is 0.0521. The first-order valence-electron chi connectivity index (χ1n) is 7.24. The molecule has 0 radical (unpaired) electrons. The molecule has 1 fully saturated rings. The number of halogens is 1. The summed E-state index contributed by atoms with van der Waals surface area (Å²) in [4.78, 5) is 14.3. The molecule has 1 atom stereocenters. The first kappa shape index (κ1) is 16.3. The number of rotatable bonds is 6. The van der Waals surface area contributed by atoms with Crippen LogP contribution in [-0.2, 0) is 9.47 Å². The summed E-state index contributed by atoms with van der Waals surface area (Å²) in [6, 6.07) is 5.48. The molecule has 0 aromatic heterocycles. The zero-order valence-corrected chi connectivity index (χ0v) is 13.4. The van der Waals surface area contributed by atoms with E-state index in [2.05, 4.69) is 0 Å². The van der Waals surface area contributed by atoms with Crippen molar-refractivity contribution in [2.24, 2.45) is 5.92 Å². The Labute approximate surface area is 131 Å². The third kappa shape index (κ3) is 4.43. The normalized spacial score (nSPS) is 18.2. The average molecular weight is 312 g/mol. The van der Waals surface area contributed by atoms with Crippen LogP contribution >= 0.6 is 11.6 Å². The molecule has 1 aromatic carbocycles. The van der Waals surface area contributed by atoms with Crippen LogP contribution in [0.1, 0.15) is 22.3 Å². The van der Waals surface area contributed by atoms with Gasteiger partial charge in [0, 0.05) is 36.7 Å². The SMILES string of the molecule is COCCOCC1CCN(C(=O)c2ccc(C)c(Cl)c2)C1. The first-order chi connectivity index (χ1) is 10.1. The van der Waals surface area contributed by atoms with Crippen molar-refractivity contribution >= 4 is 17.5 Å². The van der Waals surface area contributed by atoms with Crippen molar-refractivity contribution in [2.75, 3.05) is 40.0 Å². The van der Waals surface area contributed by atoms with Gasteiger partial charge in [0.1, 0.15) is 0 Å². The van der Waals surface area contributed by atoms with Crippen molar-refractivity contribution in [2.45, 2.75) is 13.3 Å². The second-order valence-corrected chi connectivity index (χ2v) is 5.84. The van der Waals surface area contributed by atoms with E-state index in [-0.39, 0.29) is 5.91 Å². The molecule has 1 aliphatic rings. The van der Waals surface area contributed by atoms with E-state index >= 15 is 0 Å². The summed E-state index contributed by atoms with van der Waals surface area (Å²) >= 11 is 6.09. The number of methoxy groups -OCH3 is 1. The number of hydrogen-bond donors (Lipinski definition) is 0. The largest absolute Gasteiger partial charge is 0.382 e. The van der Waals surface area contributed by atoms with E-state index < -0.39 is 0 Å². The number of likely N-dealkylation sites (tertiary alicyclic amines) is 1. The Morgan fingerprint density at radius 1 is 1.43 bits per heavy atom. The third-order valence-electron chi connectivity index (χ3n) is 3.78. The van der Waals surface area contributed by atoms with E-state index in [1.807, 2.05) is 24.0 Å². The smallest absolute Gasteiger partial charge is 0.253 e. The van der Waals surface area contributed by atoms with Crippen LogP contribution in [0.15, 0.2) is 18.2 Å². The van der Waals surface area contributed by atoms with Gasteiger partial charge >= 0.3 is 0 Å². The lowest BCUT2D eigenvalue weighted by molar-refractivity contribution is 0.0515. The molecule has 0 N–H and O–H groups in total. The first-order valence-corrected chi connectivity index (χ1v) is 7.61. The van der Waals surface area contributed by atoms with Crippen molar-refractivity contribution in [1.82, 2.24) is 4.90 Å². The predicted octanol–water partition coefficient (Wildman–Crippen LogP) is 2.77. The molecule has 1 aliphatic heterocycles. The van der Waals surface area contributed by atoms with Gasteiger partial charge < -0.3 is 14.4 Å². The molecule has 1 unspecified atom stereocenters. The Kier molecular flexibility index (Phi) is 6.03. The Hall–Kier alpha value is -1.10. The summed E-state index contributed by atoms with van der Waals surface area (Å²) < 4.78 is 10.5. The van der Waals surface area contributed by atoms with Crippen molar-refractivity contribution in [1.29, 1.82) is 0 Å². The molecule has 4 nitrogen and oxygen atoms in total. The highest BCUT2D eigenvalue weighted by atomic mass is 35.5. The molecule has 116 valence electrons. The van der Waals surface area contributed by atoms with Gasteiger partial charge in [0.15, 0.2) is 0 Å². The Morgan fingerprint density at radius 2 is 2.24 bits per heavy atom. The van der Waals surface area contributed by atoms with Crippen LogP contribution in [0.4, 0.5) is 0 Å². The maximum Gasteiger partial charge on any atom is 0.253 e. The van der Waals surface area contributed by atoms with E-state index in [1.165, 1.54) is 0 Å². The Morgan fingerprint density at radius 3 is 2.95 bits per heavy atom. The van der Waals surface area contributed by atoms with E-state index in [0.29, 0.717) is 36.3 Å². The molecule has 0 aliphatic carbocycles. The van der Waals surface area contributed by atoms with Crippen molar-refractivity contribution in [3.05, 3.63) is 34.3 Å². The summed E-state index contributed by atoms with van der Waals surface area (Å²) in [6.45, 7) is 5.35. The number of carbonyl (C=O) groups excluding carboxylic acids is 1. The summed E-state index contributed by atoms with van der Waals surface area (Å²) in [7, 11) is 1.66. The fourth-order valence-corrected chi connectivity index (χ4v) is 2.63. The molecule has 0 spiro atoms. The molecule has 2 rings (SSSR count). The molecule has 5 heteroatoms. The molecule has 1 heterocycles. The highest BCUT2D eigenvalue weighted by Gasteiger charge is 2.27. The second kappa shape index (κ2) is 7.78. The summed E-state index contributed by atoms with van der Waals surface area (Å²) in [5, 5.41) is 0.638. The van der Waals surface area contributed by atoms with E-state index in [9.17, 15) is 4.79 Å². The lowest BCUT2D eigenvalue weighted by atomic mass is 10.1. The van der Waals surface area contributed by atoms with Gasteiger partial charge in [0.25, 0.3) is 5.91 Å². The maximum atomic E-state index is 12.4. The van der Waals surface area contributed by atoms with E-state index in [0.717, 1.165) is 25.1 Å². The minimum atomic E-state index is 0.0521. The van der Waals surface area contributed by atoms with Crippen molar-refractivity contribution in [3.8, 4) is 0 Å². The molecule has 1 saturated heterocycles. The number of ether oxygens (including phenoxy) is 2. The highest BCUT2D eigenvalue weighted by molar-refractivity contribution is 6.31. The molecule has 1 amide bonds. The zero-order valence-electron chi connectivity index (χ0n) is 12.6. The van der Waals surface area contributed by atoms with Gasteiger partial charge in [-0.15, -0.1) is 0 Å². The van der Waals surface area contributed by atoms with Crippen LogP contribution in [0, 0.1) is 12.8 Å². The van der Waals surface area contributed by atoms with Gasteiger partial charge in [-0.3, -0.25) is 4.79 Å². The van der Waals surface area contributed by atoms with Gasteiger partial charge in [0.05, 0.1) is 19.8 Å². The lowest BCUT2D eigenvalue weighted by Crippen LogP contribution is -2.29. The van der Waals surface area contributed by atoms with Gasteiger partial charge in [-0.25, -0.2) is 0 Å². The second-order valence-electron chi connectivity index (χ2n) is 5.44. The summed E-state index contributed by atoms with van der Waals surface area (Å²) in [5.74, 6) is 0.461. The minimum Gasteiger partial charge on any atom is -0.382 e. The number of nitrogens with zero attached hydrogens (tertiary/aromatic N) is 1. The van der Waals surface area contributed by atoms with Gasteiger partial charge in [-0.2, -0.15) is 0 Å². The quantitative estimate of drug-likeness (QED) is 0.758. The Balaban J connectivity index is 1.85. The van der Waals surface area contributed by atoms with Gasteiger partial charge in [-0.1, -0.05) is 17.7 Å². The fraction of sp³-hybridized carbons (Fsp3) is 0.562. The molecule has 0 saturated carbocycles. The average Bonchev–Trinajstić information content (AvgIpc) is 2.94. The molecular formula is C16H22ClNO3. The van der Waals surface area contributed by atoms with Crippen LogP contribution in [0.2, 0.25) is 5.02 Å². The number of amides is 1. The van der Waals surface area contributed by atoms with Crippen molar-refractivity contribution < 1.29 is 14.3 Å². The number of hydrogen-bond acceptors (Lipinski definition) is 3. The highest BCUT2D eigenvalue weighted by Crippen LogP contribution is 2.22. The topological polar surface area (TPSA) is 38.8 Å². The fourth-order valence-electron chi connectivity index (χ4n) is 2.45. The van der Waals surface area contributed by atoms with Crippen LogP contribution in [0.3, 0.4) is 0 Å². The number of carbonyl (C=O) groups is 1. The van der Waals surface area contributed by atoms with Crippen LogP contribution in [0.5, 0.6) is 0 Å². The number of aryl methyl sites for hydroxylation is 1. The van der Waals surface area contributed by atoms with E-state index in [4.69, 9.17) is 21.1 Å². The monoisotopic (exact) mass is 311 g/mol. The molecular weight excluding hydrogens is 290 g/mol. The molecule has 0 bridgehead atoms.